The molecule has 4 nitrogen and oxygen atoms in total. The Hall–Kier alpha value is -0.780. The average Bonchev–Trinajstić information content (AvgIpc) is 2.13. The molecule has 0 aliphatic rings. The van der Waals surface area contributed by atoms with Crippen LogP contribution in [0.1, 0.15) is 12.5 Å². The molecule has 0 aromatic heterocycles. The van der Waals surface area contributed by atoms with Crippen LogP contribution in [0.15, 0.2) is 18.2 Å². The summed E-state index contributed by atoms with van der Waals surface area (Å²) in [5.41, 5.74) is 0.917. The van der Waals surface area contributed by atoms with E-state index in [4.69, 9.17) is 21.5 Å². The van der Waals surface area contributed by atoms with Gasteiger partial charge in [0.25, 0.3) is 0 Å². The van der Waals surface area contributed by atoms with Crippen LogP contribution in [0.2, 0.25) is 5.02 Å². The van der Waals surface area contributed by atoms with Gasteiger partial charge in [0.2, 0.25) is 10.0 Å². The number of rotatable bonds is 5. The number of hydrogen-bond acceptors (Lipinski definition) is 3. The molecule has 1 rings (SSSR count). The van der Waals surface area contributed by atoms with Gasteiger partial charge in [-0.2, -0.15) is 0 Å². The van der Waals surface area contributed by atoms with E-state index < -0.39 is 10.0 Å². The summed E-state index contributed by atoms with van der Waals surface area (Å²) in [6.45, 7) is 3.96. The van der Waals surface area contributed by atoms with Gasteiger partial charge in [-0.15, -0.1) is 0 Å². The van der Waals surface area contributed by atoms with Crippen molar-refractivity contribution in [2.24, 2.45) is 11.1 Å². The summed E-state index contributed by atoms with van der Waals surface area (Å²) in [6, 6.07) is 5.29. The van der Waals surface area contributed by atoms with Gasteiger partial charge in [0.05, 0.1) is 12.4 Å². The van der Waals surface area contributed by atoms with Crippen molar-refractivity contribution in [3.8, 4) is 5.75 Å². The Labute approximate surface area is 107 Å². The third-order valence-corrected chi connectivity index (χ3v) is 3.45. The first kappa shape index (κ1) is 14.3. The van der Waals surface area contributed by atoms with Gasteiger partial charge in [-0.25, -0.2) is 13.6 Å². The smallest absolute Gasteiger partial charge is 0.209 e. The van der Waals surface area contributed by atoms with E-state index in [9.17, 15) is 8.42 Å². The number of sulfonamides is 1. The number of halogens is 1. The van der Waals surface area contributed by atoms with Crippen LogP contribution in [0, 0.1) is 12.8 Å². The van der Waals surface area contributed by atoms with E-state index in [0.717, 1.165) is 5.56 Å². The van der Waals surface area contributed by atoms with Crippen LogP contribution in [0.25, 0.3) is 0 Å². The minimum absolute atomic E-state index is 0.0837. The molecule has 0 bridgehead atoms. The molecule has 1 aromatic rings. The fourth-order valence-corrected chi connectivity index (χ4v) is 2.57. The largest absolute Gasteiger partial charge is 0.493 e. The molecule has 96 valence electrons. The lowest BCUT2D eigenvalue weighted by Gasteiger charge is -2.13. The first-order valence-corrected chi connectivity index (χ1v) is 7.26. The first-order chi connectivity index (χ1) is 7.78. The standard InChI is InChI=1S/C11H16ClNO3S/c1-8(7-17(13,14)15)6-16-11-4-3-10(12)5-9(11)2/h3-5,8H,6-7H2,1-2H3,(H2,13,14,15). The first-order valence-electron chi connectivity index (χ1n) is 5.17. The normalized spacial score (nSPS) is 13.4. The second-order valence-corrected chi connectivity index (χ2v) is 6.25. The molecule has 2 N–H and O–H groups in total. The van der Waals surface area contributed by atoms with Crippen LogP contribution in [0.5, 0.6) is 5.75 Å². The lowest BCUT2D eigenvalue weighted by Crippen LogP contribution is -2.25. The van der Waals surface area contributed by atoms with Crippen LogP contribution < -0.4 is 9.88 Å². The summed E-state index contributed by atoms with van der Waals surface area (Å²) in [4.78, 5) is 0. The Morgan fingerprint density at radius 1 is 1.47 bits per heavy atom. The van der Waals surface area contributed by atoms with Crippen molar-refractivity contribution in [1.29, 1.82) is 0 Å². The summed E-state index contributed by atoms with van der Waals surface area (Å²) in [6.07, 6.45) is 0. The van der Waals surface area contributed by atoms with Gasteiger partial charge >= 0.3 is 0 Å². The molecule has 0 radical (unpaired) electrons. The Kier molecular flexibility index (Phi) is 4.80. The maximum Gasteiger partial charge on any atom is 0.209 e. The molecular weight excluding hydrogens is 262 g/mol. The zero-order chi connectivity index (χ0) is 13.1. The van der Waals surface area contributed by atoms with Crippen molar-refractivity contribution in [3.05, 3.63) is 28.8 Å². The van der Waals surface area contributed by atoms with E-state index in [1.807, 2.05) is 6.92 Å². The second kappa shape index (κ2) is 5.71. The van der Waals surface area contributed by atoms with E-state index in [2.05, 4.69) is 0 Å². The summed E-state index contributed by atoms with van der Waals surface area (Å²) in [7, 11) is -3.45. The topological polar surface area (TPSA) is 69.4 Å². The Bertz CT molecular complexity index is 487. The molecule has 0 saturated heterocycles. The lowest BCUT2D eigenvalue weighted by molar-refractivity contribution is 0.270. The molecule has 0 aliphatic carbocycles. The minimum atomic E-state index is -3.45. The van der Waals surface area contributed by atoms with Crippen molar-refractivity contribution in [2.75, 3.05) is 12.4 Å². The molecule has 0 heterocycles. The van der Waals surface area contributed by atoms with Gasteiger partial charge in [-0.3, -0.25) is 0 Å². The SMILES string of the molecule is Cc1cc(Cl)ccc1OCC(C)CS(N)(=O)=O. The zero-order valence-electron chi connectivity index (χ0n) is 9.81. The highest BCUT2D eigenvalue weighted by Gasteiger charge is 2.12. The molecule has 1 atom stereocenters. The number of nitrogens with two attached hydrogens (primary N) is 1. The number of benzene rings is 1. The molecule has 0 saturated carbocycles. The summed E-state index contributed by atoms with van der Waals surface area (Å²) in [5.74, 6) is 0.468. The van der Waals surface area contributed by atoms with Gasteiger partial charge in [-0.1, -0.05) is 18.5 Å². The summed E-state index contributed by atoms with van der Waals surface area (Å²) in [5, 5.41) is 5.60. The lowest BCUT2D eigenvalue weighted by atomic mass is 10.2. The molecule has 1 aromatic carbocycles. The summed E-state index contributed by atoms with van der Waals surface area (Å²) < 4.78 is 27.3. The highest BCUT2D eigenvalue weighted by Crippen LogP contribution is 2.22. The van der Waals surface area contributed by atoms with E-state index in [0.29, 0.717) is 17.4 Å². The predicted molar refractivity (Wildman–Crippen MR) is 68.8 cm³/mol. The molecule has 6 heteroatoms. The van der Waals surface area contributed by atoms with Crippen molar-refractivity contribution in [3.63, 3.8) is 0 Å². The monoisotopic (exact) mass is 277 g/mol. The molecule has 0 fully saturated rings. The summed E-state index contributed by atoms with van der Waals surface area (Å²) >= 11 is 5.82. The molecule has 1 unspecified atom stereocenters. The third-order valence-electron chi connectivity index (χ3n) is 2.18. The highest BCUT2D eigenvalue weighted by molar-refractivity contribution is 7.89. The Morgan fingerprint density at radius 2 is 2.12 bits per heavy atom. The predicted octanol–water partition coefficient (Wildman–Crippen LogP) is 1.95. The molecule has 0 amide bonds. The van der Waals surface area contributed by atoms with Crippen LogP contribution >= 0.6 is 11.6 Å². The van der Waals surface area contributed by atoms with Gasteiger partial charge in [0.15, 0.2) is 0 Å². The van der Waals surface area contributed by atoms with Crippen LogP contribution in [0.4, 0.5) is 0 Å². The molecular formula is C11H16ClNO3S. The molecule has 17 heavy (non-hydrogen) atoms. The van der Waals surface area contributed by atoms with Gasteiger partial charge in [0, 0.05) is 10.9 Å². The minimum Gasteiger partial charge on any atom is -0.493 e. The van der Waals surface area contributed by atoms with E-state index in [-0.39, 0.29) is 11.7 Å². The Morgan fingerprint density at radius 3 is 2.65 bits per heavy atom. The average molecular weight is 278 g/mol. The maximum atomic E-state index is 10.9. The Balaban J connectivity index is 2.56. The van der Waals surface area contributed by atoms with Crippen molar-refractivity contribution >= 4 is 21.6 Å². The zero-order valence-corrected chi connectivity index (χ0v) is 11.4. The fraction of sp³-hybridized carbons (Fsp3) is 0.455. The van der Waals surface area contributed by atoms with E-state index in [1.54, 1.807) is 25.1 Å². The van der Waals surface area contributed by atoms with E-state index in [1.165, 1.54) is 0 Å². The second-order valence-electron chi connectivity index (χ2n) is 4.16. The van der Waals surface area contributed by atoms with Gasteiger partial charge in [0.1, 0.15) is 5.75 Å². The van der Waals surface area contributed by atoms with Crippen molar-refractivity contribution < 1.29 is 13.2 Å². The highest BCUT2D eigenvalue weighted by atomic mass is 35.5. The van der Waals surface area contributed by atoms with Crippen LogP contribution in [-0.4, -0.2) is 20.8 Å². The van der Waals surface area contributed by atoms with Gasteiger partial charge < -0.3 is 4.74 Å². The van der Waals surface area contributed by atoms with Crippen molar-refractivity contribution in [2.45, 2.75) is 13.8 Å². The van der Waals surface area contributed by atoms with Gasteiger partial charge in [-0.05, 0) is 30.7 Å². The fourth-order valence-electron chi connectivity index (χ4n) is 1.45. The molecule has 0 aliphatic heterocycles. The van der Waals surface area contributed by atoms with Crippen molar-refractivity contribution in [1.82, 2.24) is 0 Å². The van der Waals surface area contributed by atoms with E-state index >= 15 is 0 Å². The number of aryl methyl sites for hydroxylation is 1. The number of hydrogen-bond donors (Lipinski definition) is 1. The molecule has 0 spiro atoms. The third kappa shape index (κ3) is 5.39. The maximum absolute atomic E-state index is 10.9. The number of primary sulfonamides is 1. The quantitative estimate of drug-likeness (QED) is 0.894. The van der Waals surface area contributed by atoms with Crippen LogP contribution in [-0.2, 0) is 10.0 Å². The number of ether oxygens (including phenoxy) is 1. The van der Waals surface area contributed by atoms with Crippen LogP contribution in [0.3, 0.4) is 0 Å².